The van der Waals surface area contributed by atoms with Crippen LogP contribution in [-0.2, 0) is 14.3 Å². The minimum Gasteiger partial charge on any atom is -0.427 e. The second kappa shape index (κ2) is 7.95. The van der Waals surface area contributed by atoms with E-state index in [0.29, 0.717) is 28.9 Å². The van der Waals surface area contributed by atoms with Crippen molar-refractivity contribution in [3.05, 3.63) is 71.8 Å². The number of hydrogen-bond acceptors (Lipinski definition) is 4. The average molecular weight is 356 g/mol. The van der Waals surface area contributed by atoms with Gasteiger partial charge in [0.05, 0.1) is 0 Å². The largest absolute Gasteiger partial charge is 0.427 e. The Balaban J connectivity index is 2.21. The van der Waals surface area contributed by atoms with Gasteiger partial charge in [0.1, 0.15) is 17.3 Å². The number of benzene rings is 1. The highest BCUT2D eigenvalue weighted by Gasteiger charge is 2.24. The Bertz CT molecular complexity index is 828. The van der Waals surface area contributed by atoms with Crippen LogP contribution in [0.15, 0.2) is 66.2 Å². The van der Waals surface area contributed by atoms with Crippen molar-refractivity contribution in [2.24, 2.45) is 5.92 Å². The van der Waals surface area contributed by atoms with E-state index in [2.05, 4.69) is 13.2 Å². The zero-order valence-corrected chi connectivity index (χ0v) is 15.1. The van der Waals surface area contributed by atoms with Gasteiger partial charge in [0.15, 0.2) is 0 Å². The number of esters is 2. The molecule has 1 atom stereocenters. The number of allylic oxidation sites excluding steroid dienone is 4. The van der Waals surface area contributed by atoms with Gasteiger partial charge in [-0.05, 0) is 43.5 Å². The van der Waals surface area contributed by atoms with E-state index in [0.717, 1.165) is 0 Å². The molecule has 0 bridgehead atoms. The maximum Gasteiger partial charge on any atom is 0.338 e. The highest BCUT2D eigenvalue weighted by Crippen LogP contribution is 2.37. The molecule has 0 heterocycles. The standard InChI is InChI=1S/C21H21FO4/c1-12(2)20(23)25-16-8-6-15(7-9-16)17-10-14(5)19(11-18(17)22)26-21(24)13(3)4/h6-9,11,14H,1,3,10H2,2,4-5H3. The molecule has 2 rings (SSSR count). The molecule has 1 aliphatic carbocycles. The summed E-state index contributed by atoms with van der Waals surface area (Å²) in [6.45, 7) is 12.0. The summed E-state index contributed by atoms with van der Waals surface area (Å²) in [5.41, 5.74) is 1.73. The highest BCUT2D eigenvalue weighted by atomic mass is 19.1. The summed E-state index contributed by atoms with van der Waals surface area (Å²) in [7, 11) is 0. The molecule has 0 saturated heterocycles. The van der Waals surface area contributed by atoms with E-state index in [9.17, 15) is 14.0 Å². The van der Waals surface area contributed by atoms with E-state index in [1.54, 1.807) is 31.2 Å². The first-order valence-electron chi connectivity index (χ1n) is 8.15. The van der Waals surface area contributed by atoms with Crippen molar-refractivity contribution in [3.63, 3.8) is 0 Å². The molecule has 1 unspecified atom stereocenters. The lowest BCUT2D eigenvalue weighted by Gasteiger charge is -2.22. The second-order valence-corrected chi connectivity index (χ2v) is 6.34. The van der Waals surface area contributed by atoms with Crippen LogP contribution in [0.3, 0.4) is 0 Å². The van der Waals surface area contributed by atoms with Gasteiger partial charge in [0, 0.05) is 23.1 Å². The fourth-order valence-electron chi connectivity index (χ4n) is 2.36. The van der Waals surface area contributed by atoms with Crippen LogP contribution in [0.5, 0.6) is 5.75 Å². The topological polar surface area (TPSA) is 52.6 Å². The van der Waals surface area contributed by atoms with E-state index in [1.165, 1.54) is 13.0 Å². The molecular formula is C21H21FO4. The molecule has 0 spiro atoms. The molecule has 1 aromatic rings. The smallest absolute Gasteiger partial charge is 0.338 e. The summed E-state index contributed by atoms with van der Waals surface area (Å²) in [5, 5.41) is 0. The Kier molecular flexibility index (Phi) is 5.93. The van der Waals surface area contributed by atoms with Crippen LogP contribution in [0.4, 0.5) is 4.39 Å². The fraction of sp³-hybridized carbons (Fsp3) is 0.238. The van der Waals surface area contributed by atoms with Gasteiger partial charge in [0.2, 0.25) is 0 Å². The fourth-order valence-corrected chi connectivity index (χ4v) is 2.36. The highest BCUT2D eigenvalue weighted by molar-refractivity contribution is 5.89. The van der Waals surface area contributed by atoms with Gasteiger partial charge in [-0.25, -0.2) is 14.0 Å². The molecular weight excluding hydrogens is 335 g/mol. The van der Waals surface area contributed by atoms with E-state index in [1.807, 2.05) is 6.92 Å². The number of carbonyl (C=O) groups excluding carboxylic acids is 2. The number of hydrogen-bond donors (Lipinski definition) is 0. The molecule has 0 aromatic heterocycles. The summed E-state index contributed by atoms with van der Waals surface area (Å²) >= 11 is 0. The summed E-state index contributed by atoms with van der Waals surface area (Å²) in [4.78, 5) is 23.2. The molecule has 4 nitrogen and oxygen atoms in total. The maximum atomic E-state index is 14.5. The van der Waals surface area contributed by atoms with Crippen molar-refractivity contribution in [2.75, 3.05) is 0 Å². The van der Waals surface area contributed by atoms with Gasteiger partial charge in [0.25, 0.3) is 0 Å². The predicted molar refractivity (Wildman–Crippen MR) is 97.7 cm³/mol. The summed E-state index contributed by atoms with van der Waals surface area (Å²) in [6, 6.07) is 6.56. The molecule has 0 fully saturated rings. The quantitative estimate of drug-likeness (QED) is 0.428. The number of halogens is 1. The summed E-state index contributed by atoms with van der Waals surface area (Å²) < 4.78 is 24.8. The molecule has 0 radical (unpaired) electrons. The summed E-state index contributed by atoms with van der Waals surface area (Å²) in [5.74, 6) is -1.05. The number of rotatable bonds is 5. The molecule has 1 aliphatic rings. The lowest BCUT2D eigenvalue weighted by atomic mass is 9.89. The van der Waals surface area contributed by atoms with Crippen LogP contribution in [0.25, 0.3) is 5.57 Å². The van der Waals surface area contributed by atoms with Crippen molar-refractivity contribution in [2.45, 2.75) is 27.2 Å². The first kappa shape index (κ1) is 19.4. The molecule has 0 amide bonds. The third-order valence-electron chi connectivity index (χ3n) is 3.87. The lowest BCUT2D eigenvalue weighted by Crippen LogP contribution is -2.14. The Morgan fingerprint density at radius 3 is 2.12 bits per heavy atom. The second-order valence-electron chi connectivity index (χ2n) is 6.34. The monoisotopic (exact) mass is 356 g/mol. The molecule has 136 valence electrons. The zero-order valence-electron chi connectivity index (χ0n) is 15.1. The van der Waals surface area contributed by atoms with Crippen LogP contribution in [0.2, 0.25) is 0 Å². The van der Waals surface area contributed by atoms with Crippen LogP contribution >= 0.6 is 0 Å². The van der Waals surface area contributed by atoms with Crippen molar-refractivity contribution < 1.29 is 23.5 Å². The number of ether oxygens (including phenoxy) is 2. The third-order valence-corrected chi connectivity index (χ3v) is 3.87. The van der Waals surface area contributed by atoms with Crippen LogP contribution in [0.1, 0.15) is 32.8 Å². The van der Waals surface area contributed by atoms with E-state index >= 15 is 0 Å². The van der Waals surface area contributed by atoms with Crippen LogP contribution in [-0.4, -0.2) is 11.9 Å². The average Bonchev–Trinajstić information content (AvgIpc) is 2.58. The predicted octanol–water partition coefficient (Wildman–Crippen LogP) is 4.89. The van der Waals surface area contributed by atoms with Gasteiger partial charge in [-0.3, -0.25) is 0 Å². The molecule has 26 heavy (non-hydrogen) atoms. The lowest BCUT2D eigenvalue weighted by molar-refractivity contribution is -0.135. The van der Waals surface area contributed by atoms with Gasteiger partial charge < -0.3 is 9.47 Å². The van der Waals surface area contributed by atoms with Gasteiger partial charge in [-0.1, -0.05) is 32.2 Å². The normalized spacial score (nSPS) is 16.6. The van der Waals surface area contributed by atoms with Crippen molar-refractivity contribution in [1.82, 2.24) is 0 Å². The van der Waals surface area contributed by atoms with Gasteiger partial charge in [-0.2, -0.15) is 0 Å². The van der Waals surface area contributed by atoms with E-state index in [-0.39, 0.29) is 17.3 Å². The van der Waals surface area contributed by atoms with Crippen LogP contribution < -0.4 is 4.74 Å². The number of carbonyl (C=O) groups is 2. The van der Waals surface area contributed by atoms with Crippen molar-refractivity contribution in [1.29, 1.82) is 0 Å². The summed E-state index contributed by atoms with van der Waals surface area (Å²) in [6.07, 6.45) is 1.62. The Morgan fingerprint density at radius 2 is 1.58 bits per heavy atom. The molecule has 0 N–H and O–H groups in total. The Morgan fingerprint density at radius 1 is 1.04 bits per heavy atom. The maximum absolute atomic E-state index is 14.5. The SMILES string of the molecule is C=C(C)C(=O)OC1=CC(F)=C(c2ccc(OC(=O)C(=C)C)cc2)CC1C. The molecule has 1 aromatic carbocycles. The van der Waals surface area contributed by atoms with Crippen LogP contribution in [0, 0.1) is 5.92 Å². The third kappa shape index (κ3) is 4.57. The molecule has 0 aliphatic heterocycles. The van der Waals surface area contributed by atoms with E-state index < -0.39 is 17.8 Å². The van der Waals surface area contributed by atoms with Gasteiger partial charge in [-0.15, -0.1) is 0 Å². The molecule has 0 saturated carbocycles. The van der Waals surface area contributed by atoms with Crippen molar-refractivity contribution >= 4 is 17.5 Å². The zero-order chi connectivity index (χ0) is 19.4. The Labute approximate surface area is 152 Å². The molecule has 5 heteroatoms. The Hall–Kier alpha value is -2.95. The first-order chi connectivity index (χ1) is 12.2. The van der Waals surface area contributed by atoms with Gasteiger partial charge >= 0.3 is 11.9 Å². The van der Waals surface area contributed by atoms with E-state index in [4.69, 9.17) is 9.47 Å². The minimum absolute atomic E-state index is 0.159. The van der Waals surface area contributed by atoms with Crippen molar-refractivity contribution in [3.8, 4) is 5.75 Å². The minimum atomic E-state index is -0.567. The first-order valence-corrected chi connectivity index (χ1v) is 8.15.